The van der Waals surface area contributed by atoms with Gasteiger partial charge in [0.05, 0.1) is 5.52 Å². The van der Waals surface area contributed by atoms with E-state index in [0.29, 0.717) is 22.5 Å². The minimum absolute atomic E-state index is 0.198. The molecule has 1 aromatic carbocycles. The third-order valence-electron chi connectivity index (χ3n) is 3.20. The van der Waals surface area contributed by atoms with Gasteiger partial charge in [-0.1, -0.05) is 30.6 Å². The van der Waals surface area contributed by atoms with Crippen LogP contribution in [0.1, 0.15) is 37.2 Å². The molecule has 0 saturated carbocycles. The Morgan fingerprint density at radius 2 is 2.05 bits per heavy atom. The summed E-state index contributed by atoms with van der Waals surface area (Å²) >= 11 is 6.06. The summed E-state index contributed by atoms with van der Waals surface area (Å²) in [6.45, 7) is 6.16. The zero-order valence-corrected chi connectivity index (χ0v) is 13.4. The molecule has 6 heteroatoms. The number of fused-ring (bicyclic) bond motifs is 1. The lowest BCUT2D eigenvalue weighted by Crippen LogP contribution is -2.00. The number of aromatic nitrogens is 3. The average molecular weight is 318 g/mol. The predicted molar refractivity (Wildman–Crippen MR) is 84.2 cm³/mol. The molecule has 22 heavy (non-hydrogen) atoms. The van der Waals surface area contributed by atoms with Gasteiger partial charge in [0.1, 0.15) is 5.75 Å². The maximum Gasteiger partial charge on any atom is 0.229 e. The third kappa shape index (κ3) is 3.04. The van der Waals surface area contributed by atoms with Crippen molar-refractivity contribution < 1.29 is 9.26 Å². The first kappa shape index (κ1) is 14.8. The summed E-state index contributed by atoms with van der Waals surface area (Å²) < 4.78 is 11.0. The molecule has 0 radical (unpaired) electrons. The normalized spacial score (nSPS) is 11.3. The number of pyridine rings is 1. The van der Waals surface area contributed by atoms with Crippen molar-refractivity contribution in [3.8, 4) is 5.75 Å². The largest absolute Gasteiger partial charge is 0.485 e. The highest BCUT2D eigenvalue weighted by Gasteiger charge is 2.12. The fraction of sp³-hybridized carbons (Fsp3) is 0.312. The summed E-state index contributed by atoms with van der Waals surface area (Å²) in [5.41, 5.74) is 1.72. The molecule has 0 N–H and O–H groups in total. The molecule has 3 aromatic rings. The molecule has 0 bridgehead atoms. The van der Waals surface area contributed by atoms with E-state index in [1.165, 1.54) is 0 Å². The Kier molecular flexibility index (Phi) is 3.98. The van der Waals surface area contributed by atoms with E-state index < -0.39 is 0 Å². The molecular formula is C16H16ClN3O2. The molecule has 0 aliphatic rings. The number of halogens is 1. The maximum atomic E-state index is 6.06. The lowest BCUT2D eigenvalue weighted by Gasteiger charge is -2.09. The van der Waals surface area contributed by atoms with Crippen LogP contribution in [0.5, 0.6) is 5.75 Å². The summed E-state index contributed by atoms with van der Waals surface area (Å²) in [7, 11) is 0. The number of hydrogen-bond acceptors (Lipinski definition) is 5. The van der Waals surface area contributed by atoms with Gasteiger partial charge in [0, 0.05) is 28.1 Å². The van der Waals surface area contributed by atoms with Gasteiger partial charge in [-0.25, -0.2) is 0 Å². The number of hydrogen-bond donors (Lipinski definition) is 0. The molecule has 0 unspecified atom stereocenters. The zero-order chi connectivity index (χ0) is 15.7. The highest BCUT2D eigenvalue weighted by Crippen LogP contribution is 2.28. The number of ether oxygens (including phenoxy) is 1. The second-order valence-corrected chi connectivity index (χ2v) is 5.85. The Balaban J connectivity index is 1.87. The van der Waals surface area contributed by atoms with Crippen molar-refractivity contribution in [1.82, 2.24) is 15.1 Å². The van der Waals surface area contributed by atoms with Gasteiger partial charge in [-0.2, -0.15) is 4.98 Å². The fourth-order valence-corrected chi connectivity index (χ4v) is 2.29. The summed E-state index contributed by atoms with van der Waals surface area (Å²) in [5, 5.41) is 5.43. The molecule has 0 fully saturated rings. The molecule has 0 aliphatic carbocycles. The van der Waals surface area contributed by atoms with Crippen LogP contribution in [0, 0.1) is 6.92 Å². The van der Waals surface area contributed by atoms with E-state index in [0.717, 1.165) is 16.6 Å². The second kappa shape index (κ2) is 5.93. The SMILES string of the molecule is Cc1cc(OCc2noc(C(C)C)n2)c2cc(Cl)ccc2n1. The zero-order valence-electron chi connectivity index (χ0n) is 12.6. The Morgan fingerprint density at radius 1 is 1.23 bits per heavy atom. The van der Waals surface area contributed by atoms with Gasteiger partial charge in [0.2, 0.25) is 11.7 Å². The predicted octanol–water partition coefficient (Wildman–Crippen LogP) is 4.28. The lowest BCUT2D eigenvalue weighted by atomic mass is 10.2. The van der Waals surface area contributed by atoms with Crippen LogP contribution in [0.4, 0.5) is 0 Å². The van der Waals surface area contributed by atoms with Crippen molar-refractivity contribution in [3.63, 3.8) is 0 Å². The van der Waals surface area contributed by atoms with Gasteiger partial charge in [0.25, 0.3) is 0 Å². The minimum atomic E-state index is 0.198. The van der Waals surface area contributed by atoms with Gasteiger partial charge in [0.15, 0.2) is 6.61 Å². The Morgan fingerprint density at radius 3 is 2.77 bits per heavy atom. The average Bonchev–Trinajstić information content (AvgIpc) is 2.94. The Labute approximate surface area is 133 Å². The maximum absolute atomic E-state index is 6.06. The van der Waals surface area contributed by atoms with E-state index in [4.69, 9.17) is 20.9 Å². The number of benzene rings is 1. The highest BCUT2D eigenvalue weighted by molar-refractivity contribution is 6.31. The van der Waals surface area contributed by atoms with Crippen LogP contribution in [0.3, 0.4) is 0 Å². The second-order valence-electron chi connectivity index (χ2n) is 5.42. The van der Waals surface area contributed by atoms with Gasteiger partial charge >= 0.3 is 0 Å². The molecule has 2 aromatic heterocycles. The van der Waals surface area contributed by atoms with Crippen molar-refractivity contribution in [3.05, 3.63) is 46.7 Å². The molecule has 0 amide bonds. The van der Waals surface area contributed by atoms with Crippen LogP contribution >= 0.6 is 11.6 Å². The molecule has 0 saturated heterocycles. The van der Waals surface area contributed by atoms with E-state index in [2.05, 4.69) is 15.1 Å². The number of rotatable bonds is 4. The molecule has 0 aliphatic heterocycles. The Bertz CT molecular complexity index is 814. The number of nitrogens with zero attached hydrogens (tertiary/aromatic N) is 3. The van der Waals surface area contributed by atoms with Crippen molar-refractivity contribution >= 4 is 22.5 Å². The van der Waals surface area contributed by atoms with Crippen LogP contribution in [0.25, 0.3) is 10.9 Å². The quantitative estimate of drug-likeness (QED) is 0.718. The van der Waals surface area contributed by atoms with E-state index in [9.17, 15) is 0 Å². The van der Waals surface area contributed by atoms with Gasteiger partial charge in [-0.05, 0) is 25.1 Å². The monoisotopic (exact) mass is 317 g/mol. The van der Waals surface area contributed by atoms with Crippen molar-refractivity contribution in [2.45, 2.75) is 33.3 Å². The summed E-state index contributed by atoms with van der Waals surface area (Å²) in [6, 6.07) is 7.41. The van der Waals surface area contributed by atoms with Gasteiger partial charge in [-0.15, -0.1) is 0 Å². The Hall–Kier alpha value is -2.14. The van der Waals surface area contributed by atoms with Gasteiger partial charge in [-0.3, -0.25) is 4.98 Å². The third-order valence-corrected chi connectivity index (χ3v) is 3.43. The first-order valence-electron chi connectivity index (χ1n) is 7.05. The molecule has 2 heterocycles. The van der Waals surface area contributed by atoms with Crippen LogP contribution in [0.15, 0.2) is 28.8 Å². The summed E-state index contributed by atoms with van der Waals surface area (Å²) in [6.07, 6.45) is 0. The van der Waals surface area contributed by atoms with E-state index in [1.54, 1.807) is 0 Å². The van der Waals surface area contributed by atoms with E-state index in [-0.39, 0.29) is 12.5 Å². The highest BCUT2D eigenvalue weighted by atomic mass is 35.5. The van der Waals surface area contributed by atoms with E-state index in [1.807, 2.05) is 45.0 Å². The van der Waals surface area contributed by atoms with Crippen LogP contribution in [-0.2, 0) is 6.61 Å². The first-order chi connectivity index (χ1) is 10.5. The molecule has 0 atom stereocenters. The standard InChI is InChI=1S/C16H16ClN3O2/c1-9(2)16-19-15(20-22-16)8-21-14-6-10(3)18-13-5-4-11(17)7-12(13)14/h4-7,9H,8H2,1-3H3. The van der Waals surface area contributed by atoms with Crippen LogP contribution in [0.2, 0.25) is 5.02 Å². The molecule has 3 rings (SSSR count). The van der Waals surface area contributed by atoms with Crippen LogP contribution in [-0.4, -0.2) is 15.1 Å². The molecule has 5 nitrogen and oxygen atoms in total. The summed E-state index contributed by atoms with van der Waals surface area (Å²) in [5.74, 6) is 2.04. The smallest absolute Gasteiger partial charge is 0.229 e. The van der Waals surface area contributed by atoms with E-state index >= 15 is 0 Å². The topological polar surface area (TPSA) is 61.0 Å². The first-order valence-corrected chi connectivity index (χ1v) is 7.43. The lowest BCUT2D eigenvalue weighted by molar-refractivity contribution is 0.287. The van der Waals surface area contributed by atoms with Crippen LogP contribution < -0.4 is 4.74 Å². The fourth-order valence-electron chi connectivity index (χ4n) is 2.12. The van der Waals surface area contributed by atoms with Crippen molar-refractivity contribution in [2.24, 2.45) is 0 Å². The molecule has 114 valence electrons. The number of aryl methyl sites for hydroxylation is 1. The molecular weight excluding hydrogens is 302 g/mol. The van der Waals surface area contributed by atoms with Crippen molar-refractivity contribution in [2.75, 3.05) is 0 Å². The van der Waals surface area contributed by atoms with Crippen molar-refractivity contribution in [1.29, 1.82) is 0 Å². The minimum Gasteiger partial charge on any atom is -0.485 e. The summed E-state index contributed by atoms with van der Waals surface area (Å²) in [4.78, 5) is 8.77. The molecule has 0 spiro atoms. The van der Waals surface area contributed by atoms with Gasteiger partial charge < -0.3 is 9.26 Å².